The van der Waals surface area contributed by atoms with Crippen molar-refractivity contribution in [2.45, 2.75) is 24.7 Å². The molecule has 0 aromatic carbocycles. The summed E-state index contributed by atoms with van der Waals surface area (Å²) in [5.74, 6) is 0. The van der Waals surface area contributed by atoms with Crippen molar-refractivity contribution in [2.24, 2.45) is 0 Å². The molecule has 1 rings (SSSR count). The Hall–Kier alpha value is -0.321. The molecule has 0 N–H and O–H groups in total. The first-order chi connectivity index (χ1) is 9.45. The van der Waals surface area contributed by atoms with Gasteiger partial charge in [0.1, 0.15) is 0 Å². The summed E-state index contributed by atoms with van der Waals surface area (Å²) in [4.78, 5) is 0. The number of alkyl halides is 12. The van der Waals surface area contributed by atoms with Crippen LogP contribution in [0.1, 0.15) is 0 Å². The van der Waals surface area contributed by atoms with Crippen LogP contribution in [0.4, 0.5) is 52.7 Å². The van der Waals surface area contributed by atoms with E-state index in [-0.39, 0.29) is 0 Å². The SMILES string of the molecule is FC(F)(F)C(=c1[se]c(=C(C(F)(F)F)C(F)(F)F)[se]1)C(F)(F)F. The fourth-order valence-electron chi connectivity index (χ4n) is 1.16. The molecule has 0 fully saturated rings. The second kappa shape index (κ2) is 5.64. The van der Waals surface area contributed by atoms with Gasteiger partial charge in [0.25, 0.3) is 0 Å². The Morgan fingerprint density at radius 1 is 0.455 bits per heavy atom. The fourth-order valence-corrected chi connectivity index (χ4v) is 7.43. The van der Waals surface area contributed by atoms with Crippen LogP contribution in [0.25, 0.3) is 11.1 Å². The zero-order valence-electron chi connectivity index (χ0n) is 9.35. The van der Waals surface area contributed by atoms with Gasteiger partial charge in [-0.15, -0.1) is 0 Å². The van der Waals surface area contributed by atoms with Crippen LogP contribution in [0.3, 0.4) is 0 Å². The molecule has 0 unspecified atom stereocenters. The molecule has 0 aliphatic rings. The molecule has 0 saturated carbocycles. The van der Waals surface area contributed by atoms with E-state index in [2.05, 4.69) is 0 Å². The first kappa shape index (κ1) is 19.7. The van der Waals surface area contributed by atoms with Crippen LogP contribution in [-0.2, 0) is 0 Å². The molecule has 0 aliphatic carbocycles. The van der Waals surface area contributed by atoms with E-state index in [1.165, 1.54) is 0 Å². The maximum absolute atomic E-state index is 12.3. The van der Waals surface area contributed by atoms with Gasteiger partial charge in [0.15, 0.2) is 0 Å². The zero-order chi connectivity index (χ0) is 17.7. The first-order valence-corrected chi connectivity index (χ1v) is 8.01. The Morgan fingerprint density at radius 3 is 0.773 bits per heavy atom. The topological polar surface area (TPSA) is 0 Å². The molecular formula is C8F12Se2. The Balaban J connectivity index is 3.71. The molecule has 0 radical (unpaired) electrons. The van der Waals surface area contributed by atoms with E-state index in [1.54, 1.807) is 0 Å². The molecule has 14 heteroatoms. The van der Waals surface area contributed by atoms with E-state index in [4.69, 9.17) is 0 Å². The van der Waals surface area contributed by atoms with Gasteiger partial charge in [-0.3, -0.25) is 0 Å². The summed E-state index contributed by atoms with van der Waals surface area (Å²) in [7, 11) is 0. The molecule has 0 bridgehead atoms. The predicted molar refractivity (Wildman–Crippen MR) is 50.6 cm³/mol. The summed E-state index contributed by atoms with van der Waals surface area (Å²) in [5, 5.41) is 0. The molecule has 1 aromatic heterocycles. The summed E-state index contributed by atoms with van der Waals surface area (Å²) in [5.41, 5.74) is -6.01. The van der Waals surface area contributed by atoms with Gasteiger partial charge < -0.3 is 0 Å². The molecule has 0 saturated heterocycles. The number of hydrogen-bond acceptors (Lipinski definition) is 0. The summed E-state index contributed by atoms with van der Waals surface area (Å²) in [6, 6.07) is 0. The Kier molecular flexibility index (Phi) is 5.06. The van der Waals surface area contributed by atoms with Gasteiger partial charge in [-0.05, 0) is 0 Å². The zero-order valence-corrected chi connectivity index (χ0v) is 12.8. The molecule has 128 valence electrons. The van der Waals surface area contributed by atoms with Crippen molar-refractivity contribution >= 4 is 40.2 Å². The summed E-state index contributed by atoms with van der Waals surface area (Å²) < 4.78 is 144. The molecule has 1 aromatic rings. The van der Waals surface area contributed by atoms with E-state index in [9.17, 15) is 52.7 Å². The third-order valence-electron chi connectivity index (χ3n) is 1.91. The fraction of sp³-hybridized carbons (Fsp3) is 0.500. The molecule has 1 heterocycles. The van der Waals surface area contributed by atoms with E-state index in [1.807, 2.05) is 0 Å². The molecule has 0 nitrogen and oxygen atoms in total. The number of halogens is 12. The standard InChI is InChI=1S/C8F12Se2/c9-5(10,11)1(6(12,13)14)3-21-4(22-3)2(7(15,16)17)8(18,19)20. The third-order valence-corrected chi connectivity index (χ3v) is 8.82. The van der Waals surface area contributed by atoms with Crippen LogP contribution < -0.4 is 5.93 Å². The second-order valence-electron chi connectivity index (χ2n) is 3.52. The van der Waals surface area contributed by atoms with Crippen molar-refractivity contribution < 1.29 is 52.7 Å². The third kappa shape index (κ3) is 4.36. The van der Waals surface area contributed by atoms with Gasteiger partial charge in [0.05, 0.1) is 0 Å². The Bertz CT molecular complexity index is 538. The molecule has 0 spiro atoms. The van der Waals surface area contributed by atoms with E-state index in [0.717, 1.165) is 0 Å². The second-order valence-corrected chi connectivity index (χ2v) is 10.4. The quantitative estimate of drug-likeness (QED) is 0.394. The average molecular weight is 482 g/mol. The van der Waals surface area contributed by atoms with Crippen molar-refractivity contribution in [1.82, 2.24) is 0 Å². The van der Waals surface area contributed by atoms with Gasteiger partial charge in [0.2, 0.25) is 0 Å². The maximum atomic E-state index is 12.3. The average Bonchev–Trinajstić information content (AvgIpc) is 2.03. The number of hydrogen-bond donors (Lipinski definition) is 0. The van der Waals surface area contributed by atoms with Crippen molar-refractivity contribution in [1.29, 1.82) is 0 Å². The number of rotatable bonds is 0. The van der Waals surface area contributed by atoms with Crippen LogP contribution in [-0.4, -0.2) is 53.7 Å². The molecular weight excluding hydrogens is 482 g/mol. The van der Waals surface area contributed by atoms with E-state index in [0.29, 0.717) is 0 Å². The van der Waals surface area contributed by atoms with Crippen LogP contribution in [0.15, 0.2) is 0 Å². The molecule has 22 heavy (non-hydrogen) atoms. The minimum absolute atomic E-state index is 1.43. The van der Waals surface area contributed by atoms with Gasteiger partial charge in [0, 0.05) is 0 Å². The van der Waals surface area contributed by atoms with Crippen molar-refractivity contribution in [2.75, 3.05) is 0 Å². The summed E-state index contributed by atoms with van der Waals surface area (Å²) >= 11 is -4.58. The molecule has 0 atom stereocenters. The van der Waals surface area contributed by atoms with Crippen molar-refractivity contribution in [3.63, 3.8) is 0 Å². The molecule has 0 amide bonds. The van der Waals surface area contributed by atoms with Gasteiger partial charge in [-0.25, -0.2) is 0 Å². The Morgan fingerprint density at radius 2 is 0.636 bits per heavy atom. The van der Waals surface area contributed by atoms with Gasteiger partial charge in [-0.2, -0.15) is 0 Å². The van der Waals surface area contributed by atoms with Crippen molar-refractivity contribution in [3.05, 3.63) is 5.93 Å². The van der Waals surface area contributed by atoms with E-state index < -0.39 is 70.8 Å². The predicted octanol–water partition coefficient (Wildman–Crippen LogP) is 2.35. The Labute approximate surface area is 124 Å². The summed E-state index contributed by atoms with van der Waals surface area (Å²) in [6.45, 7) is 0. The van der Waals surface area contributed by atoms with E-state index >= 15 is 0 Å². The van der Waals surface area contributed by atoms with Crippen LogP contribution >= 0.6 is 0 Å². The van der Waals surface area contributed by atoms with Crippen LogP contribution in [0.2, 0.25) is 0 Å². The normalized spacial score (nSPS) is 14.4. The first-order valence-electron chi connectivity index (χ1n) is 4.58. The van der Waals surface area contributed by atoms with Crippen LogP contribution in [0.5, 0.6) is 0 Å². The monoisotopic (exact) mass is 484 g/mol. The molecule has 0 aliphatic heterocycles. The summed E-state index contributed by atoms with van der Waals surface area (Å²) in [6.07, 6.45) is -23.6. The minimum atomic E-state index is -5.89. The van der Waals surface area contributed by atoms with Gasteiger partial charge in [-0.1, -0.05) is 0 Å². The van der Waals surface area contributed by atoms with Crippen LogP contribution in [0, 0.1) is 0 Å². The van der Waals surface area contributed by atoms with Crippen molar-refractivity contribution in [3.8, 4) is 0 Å². The van der Waals surface area contributed by atoms with Gasteiger partial charge >= 0.3 is 123 Å².